The Morgan fingerprint density at radius 2 is 1.70 bits per heavy atom. The van der Waals surface area contributed by atoms with Gasteiger partial charge in [-0.25, -0.2) is 27.3 Å². The molecule has 18 heteroatoms. The maximum absolute atomic E-state index is 14.9. The first kappa shape index (κ1) is 33.6. The van der Waals surface area contributed by atoms with Crippen molar-refractivity contribution in [2.24, 2.45) is 5.41 Å². The number of sulfonamides is 1. The van der Waals surface area contributed by atoms with Gasteiger partial charge in [0.25, 0.3) is 5.91 Å². The number of rotatable bonds is 8. The van der Waals surface area contributed by atoms with E-state index in [1.807, 2.05) is 11.6 Å². The Morgan fingerprint density at radius 1 is 1.11 bits per heavy atom. The van der Waals surface area contributed by atoms with E-state index in [4.69, 9.17) is 26.2 Å². The molecule has 0 bridgehead atoms. The summed E-state index contributed by atoms with van der Waals surface area (Å²) in [6, 6.07) is 3.66. The van der Waals surface area contributed by atoms with E-state index in [-0.39, 0.29) is 29.3 Å². The standard InChI is InChI=1S/C24H24ClF4N3O4S.C2HF3O2/c1-23(10-32(11-23)21-7-18(25)17(9-30-21)24(27,28)29)12-36-20-8-19(26)16(6-15(20)13-2-3-13)22(33)31-37(34,35)14-4-5-14;3-2(4,5)1(6)7/h6-9,13-14H,2-5,10-12H2,1H3,(H,31,33);(H,6,7). The molecule has 44 heavy (non-hydrogen) atoms. The topological polar surface area (TPSA) is 126 Å². The molecular formula is C26H25ClF7N3O6S. The van der Waals surface area contributed by atoms with Gasteiger partial charge in [-0.3, -0.25) is 4.79 Å². The number of nitrogens with zero attached hydrogens (tertiary/aromatic N) is 2. The number of ether oxygens (including phenoxy) is 1. The van der Waals surface area contributed by atoms with Crippen LogP contribution < -0.4 is 14.4 Å². The van der Waals surface area contributed by atoms with Gasteiger partial charge in [-0.15, -0.1) is 0 Å². The highest BCUT2D eigenvalue weighted by atomic mass is 35.5. The van der Waals surface area contributed by atoms with E-state index < -0.39 is 55.9 Å². The highest BCUT2D eigenvalue weighted by molar-refractivity contribution is 7.91. The molecule has 5 rings (SSSR count). The number of hydrogen-bond acceptors (Lipinski definition) is 7. The highest BCUT2D eigenvalue weighted by Gasteiger charge is 2.42. The molecule has 3 aliphatic rings. The molecule has 0 unspecified atom stereocenters. The van der Waals surface area contributed by atoms with E-state index in [9.17, 15) is 43.9 Å². The largest absolute Gasteiger partial charge is 0.492 e. The van der Waals surface area contributed by atoms with Crippen molar-refractivity contribution in [2.45, 2.75) is 56.1 Å². The number of halogens is 8. The number of carboxylic acids is 1. The lowest BCUT2D eigenvalue weighted by Gasteiger charge is -2.48. The van der Waals surface area contributed by atoms with E-state index >= 15 is 0 Å². The summed E-state index contributed by atoms with van der Waals surface area (Å²) >= 11 is 5.80. The van der Waals surface area contributed by atoms with Crippen LogP contribution >= 0.6 is 11.6 Å². The molecule has 1 saturated heterocycles. The van der Waals surface area contributed by atoms with Gasteiger partial charge in [0.05, 0.1) is 28.0 Å². The van der Waals surface area contributed by atoms with E-state index in [0.717, 1.165) is 18.9 Å². The highest BCUT2D eigenvalue weighted by Crippen LogP contribution is 2.46. The predicted molar refractivity (Wildman–Crippen MR) is 142 cm³/mol. The van der Waals surface area contributed by atoms with Gasteiger partial charge in [0, 0.05) is 30.8 Å². The SMILES string of the molecule is CC1(COc2cc(F)c(C(=O)NS(=O)(=O)C3CC3)cc2C2CC2)CN(c2cc(Cl)c(C(F)(F)F)cn2)C1.O=C(O)C(F)(F)F. The normalized spacial score (nSPS) is 18.1. The fourth-order valence-corrected chi connectivity index (χ4v) is 5.96. The molecule has 1 amide bonds. The van der Waals surface area contributed by atoms with Gasteiger partial charge < -0.3 is 14.7 Å². The first-order valence-electron chi connectivity index (χ1n) is 13.0. The minimum atomic E-state index is -5.08. The molecule has 2 saturated carbocycles. The summed E-state index contributed by atoms with van der Waals surface area (Å²) in [4.78, 5) is 27.1. The zero-order chi connectivity index (χ0) is 32.8. The molecule has 2 aromatic rings. The predicted octanol–water partition coefficient (Wildman–Crippen LogP) is 5.53. The second-order valence-electron chi connectivity index (χ2n) is 11.1. The van der Waals surface area contributed by atoms with Crippen molar-refractivity contribution < 1.29 is 58.6 Å². The van der Waals surface area contributed by atoms with Crippen LogP contribution in [0, 0.1) is 11.2 Å². The van der Waals surface area contributed by atoms with Gasteiger partial charge in [-0.1, -0.05) is 18.5 Å². The van der Waals surface area contributed by atoms with Crippen molar-refractivity contribution in [3.05, 3.63) is 51.9 Å². The Kier molecular flexibility index (Phi) is 9.05. The lowest BCUT2D eigenvalue weighted by atomic mass is 9.83. The number of alkyl halides is 6. The van der Waals surface area contributed by atoms with Gasteiger partial charge in [0.2, 0.25) is 10.0 Å². The number of benzene rings is 1. The van der Waals surface area contributed by atoms with Crippen LogP contribution in [0.1, 0.15) is 60.0 Å². The van der Waals surface area contributed by atoms with Crippen LogP contribution in [0.3, 0.4) is 0 Å². The minimum absolute atomic E-state index is 0.0892. The maximum atomic E-state index is 14.9. The average Bonchev–Trinajstić information content (AvgIpc) is 3.77. The lowest BCUT2D eigenvalue weighted by Crippen LogP contribution is -2.58. The number of aliphatic carboxylic acids is 1. The molecule has 3 fully saturated rings. The number of aromatic nitrogens is 1. The van der Waals surface area contributed by atoms with Crippen LogP contribution in [0.15, 0.2) is 24.4 Å². The summed E-state index contributed by atoms with van der Waals surface area (Å²) < 4.78 is 118. The first-order valence-corrected chi connectivity index (χ1v) is 14.9. The van der Waals surface area contributed by atoms with E-state index in [0.29, 0.717) is 43.5 Å². The zero-order valence-electron chi connectivity index (χ0n) is 22.7. The maximum Gasteiger partial charge on any atom is 0.490 e. The number of carbonyl (C=O) groups is 2. The molecular weight excluding hydrogens is 651 g/mol. The molecule has 1 aromatic heterocycles. The second-order valence-corrected chi connectivity index (χ2v) is 13.5. The summed E-state index contributed by atoms with van der Waals surface area (Å²) in [5.74, 6) is -3.94. The molecule has 2 aliphatic carbocycles. The van der Waals surface area contributed by atoms with Gasteiger partial charge in [0.1, 0.15) is 17.4 Å². The minimum Gasteiger partial charge on any atom is -0.492 e. The lowest BCUT2D eigenvalue weighted by molar-refractivity contribution is -0.192. The summed E-state index contributed by atoms with van der Waals surface area (Å²) in [5.41, 5.74) is -1.08. The van der Waals surface area contributed by atoms with Crippen LogP contribution in [-0.4, -0.2) is 61.5 Å². The molecule has 0 spiro atoms. The van der Waals surface area contributed by atoms with Crippen molar-refractivity contribution in [1.82, 2.24) is 9.71 Å². The van der Waals surface area contributed by atoms with Gasteiger partial charge in [-0.2, -0.15) is 26.3 Å². The van der Waals surface area contributed by atoms with Crippen LogP contribution in [0.4, 0.5) is 36.6 Å². The third-order valence-corrected chi connectivity index (χ3v) is 9.12. The Bertz CT molecular complexity index is 1550. The molecule has 0 radical (unpaired) electrons. The summed E-state index contributed by atoms with van der Waals surface area (Å²) in [5, 5.41) is 6.09. The fraction of sp³-hybridized carbons (Fsp3) is 0.500. The molecule has 0 atom stereocenters. The van der Waals surface area contributed by atoms with Crippen molar-refractivity contribution in [3.8, 4) is 5.75 Å². The van der Waals surface area contributed by atoms with Crippen molar-refractivity contribution in [3.63, 3.8) is 0 Å². The molecule has 1 aromatic carbocycles. The number of hydrogen-bond donors (Lipinski definition) is 2. The molecule has 2 N–H and O–H groups in total. The summed E-state index contributed by atoms with van der Waals surface area (Å²) in [7, 11) is -3.82. The number of amides is 1. The third kappa shape index (κ3) is 8.02. The first-order chi connectivity index (χ1) is 20.2. The number of carboxylic acid groups (broad SMARTS) is 1. The molecule has 1 aliphatic heterocycles. The van der Waals surface area contributed by atoms with Gasteiger partial charge in [0.15, 0.2) is 0 Å². The van der Waals surface area contributed by atoms with Crippen molar-refractivity contribution in [1.29, 1.82) is 0 Å². The van der Waals surface area contributed by atoms with Crippen molar-refractivity contribution >= 4 is 39.3 Å². The Labute approximate surface area is 251 Å². The van der Waals surface area contributed by atoms with E-state index in [1.165, 1.54) is 12.1 Å². The van der Waals surface area contributed by atoms with Crippen LogP contribution in [-0.2, 0) is 21.0 Å². The number of pyridine rings is 1. The van der Waals surface area contributed by atoms with Crippen LogP contribution in [0.2, 0.25) is 5.02 Å². The monoisotopic (exact) mass is 675 g/mol. The number of carbonyl (C=O) groups excluding carboxylic acids is 1. The Balaban J connectivity index is 0.000000566. The molecule has 9 nitrogen and oxygen atoms in total. The van der Waals surface area contributed by atoms with Crippen LogP contribution in [0.5, 0.6) is 5.75 Å². The van der Waals surface area contributed by atoms with Gasteiger partial charge >= 0.3 is 18.3 Å². The quantitative estimate of drug-likeness (QED) is 0.350. The molecule has 242 valence electrons. The molecule has 2 heterocycles. The Morgan fingerprint density at radius 3 is 2.18 bits per heavy atom. The second kappa shape index (κ2) is 11.9. The third-order valence-electron chi connectivity index (χ3n) is 6.99. The van der Waals surface area contributed by atoms with Gasteiger partial charge in [-0.05, 0) is 49.3 Å². The number of anilines is 1. The fourth-order valence-electron chi connectivity index (χ4n) is 4.41. The average molecular weight is 676 g/mol. The van der Waals surface area contributed by atoms with Crippen LogP contribution in [0.25, 0.3) is 0 Å². The van der Waals surface area contributed by atoms with E-state index in [2.05, 4.69) is 4.98 Å². The number of nitrogens with one attached hydrogen (secondary N) is 1. The van der Waals surface area contributed by atoms with Crippen molar-refractivity contribution in [2.75, 3.05) is 24.6 Å². The van der Waals surface area contributed by atoms with E-state index in [1.54, 1.807) is 4.90 Å². The Hall–Kier alpha value is -3.34. The summed E-state index contributed by atoms with van der Waals surface area (Å²) in [6.07, 6.45) is -6.32. The zero-order valence-corrected chi connectivity index (χ0v) is 24.3. The summed E-state index contributed by atoms with van der Waals surface area (Å²) in [6.45, 7) is 2.98. The smallest absolute Gasteiger partial charge is 0.490 e.